The van der Waals surface area contributed by atoms with Gasteiger partial charge in [0.15, 0.2) is 0 Å². The van der Waals surface area contributed by atoms with E-state index in [1.165, 1.54) is 17.4 Å². The van der Waals surface area contributed by atoms with Crippen LogP contribution in [0.15, 0.2) is 67.4 Å². The summed E-state index contributed by atoms with van der Waals surface area (Å²) < 4.78 is 5.24. The summed E-state index contributed by atoms with van der Waals surface area (Å²) in [6, 6.07) is 18.7. The summed E-state index contributed by atoms with van der Waals surface area (Å²) in [4.78, 5) is 0. The molecule has 3 heteroatoms. The Balaban J connectivity index is 0.000000541. The predicted octanol–water partition coefficient (Wildman–Crippen LogP) is 3.51. The van der Waals surface area contributed by atoms with E-state index in [9.17, 15) is 0 Å². The fourth-order valence-electron chi connectivity index (χ4n) is 2.07. The highest BCUT2D eigenvalue weighted by Crippen LogP contribution is 2.32. The molecule has 2 aromatic carbocycles. The van der Waals surface area contributed by atoms with Crippen molar-refractivity contribution >= 4 is 0 Å². The molecule has 2 N–H and O–H groups in total. The quantitative estimate of drug-likeness (QED) is 0.831. The minimum absolute atomic E-state index is 0.00598. The summed E-state index contributed by atoms with van der Waals surface area (Å²) in [6.07, 6.45) is 1.44. The molecule has 0 aromatic heterocycles. The van der Waals surface area contributed by atoms with Crippen molar-refractivity contribution in [2.45, 2.75) is 19.3 Å². The molecule has 0 saturated heterocycles. The molecule has 0 aliphatic rings. The van der Waals surface area contributed by atoms with E-state index in [4.69, 9.17) is 14.9 Å². The molecule has 0 bridgehead atoms. The summed E-state index contributed by atoms with van der Waals surface area (Å²) in [6.45, 7) is 7.76. The summed E-state index contributed by atoms with van der Waals surface area (Å²) in [5.41, 5.74) is 2.57. The third kappa shape index (κ3) is 5.02. The van der Waals surface area contributed by atoms with Crippen molar-refractivity contribution in [2.24, 2.45) is 0 Å². The first-order valence-corrected chi connectivity index (χ1v) is 7.21. The van der Waals surface area contributed by atoms with Gasteiger partial charge in [0.2, 0.25) is 0 Å². The second-order valence-corrected chi connectivity index (χ2v) is 5.25. The highest BCUT2D eigenvalue weighted by molar-refractivity contribution is 5.39. The van der Waals surface area contributed by atoms with E-state index in [0.717, 1.165) is 5.75 Å². The maximum absolute atomic E-state index is 7.62. The van der Waals surface area contributed by atoms with Gasteiger partial charge in [0.05, 0.1) is 19.5 Å². The molecule has 2 rings (SSSR count). The first-order chi connectivity index (χ1) is 10.6. The van der Waals surface area contributed by atoms with Gasteiger partial charge in [0.25, 0.3) is 0 Å². The number of hydrogen-bond donors (Lipinski definition) is 2. The van der Waals surface area contributed by atoms with Crippen LogP contribution in [0.2, 0.25) is 0 Å². The number of hydrogen-bond acceptors (Lipinski definition) is 3. The van der Waals surface area contributed by atoms with E-state index in [1.807, 2.05) is 18.2 Å². The lowest BCUT2D eigenvalue weighted by Gasteiger charge is -2.26. The van der Waals surface area contributed by atoms with Crippen molar-refractivity contribution in [1.29, 1.82) is 0 Å². The first-order valence-electron chi connectivity index (χ1n) is 7.21. The number of benzene rings is 2. The monoisotopic (exact) mass is 300 g/mol. The van der Waals surface area contributed by atoms with Crippen molar-refractivity contribution < 1.29 is 14.9 Å². The average Bonchev–Trinajstić information content (AvgIpc) is 2.57. The molecular formula is C19H24O3. The Bertz CT molecular complexity index is 543. The SMILES string of the molecule is C=COc1ccc(C(C)(C)c2ccccc2)cc1.OCCO. The number of aliphatic hydroxyl groups excluding tert-OH is 2. The largest absolute Gasteiger partial charge is 0.466 e. The van der Waals surface area contributed by atoms with Crippen molar-refractivity contribution in [2.75, 3.05) is 13.2 Å². The Hall–Kier alpha value is -2.10. The van der Waals surface area contributed by atoms with E-state index < -0.39 is 0 Å². The number of rotatable bonds is 5. The van der Waals surface area contributed by atoms with E-state index in [1.54, 1.807) is 0 Å². The van der Waals surface area contributed by atoms with Gasteiger partial charge in [-0.2, -0.15) is 0 Å². The molecule has 0 spiro atoms. The summed E-state index contributed by atoms with van der Waals surface area (Å²) in [5.74, 6) is 0.817. The molecule has 118 valence electrons. The van der Waals surface area contributed by atoms with Gasteiger partial charge < -0.3 is 14.9 Å². The van der Waals surface area contributed by atoms with Crippen molar-refractivity contribution in [3.63, 3.8) is 0 Å². The van der Waals surface area contributed by atoms with Crippen LogP contribution in [0.5, 0.6) is 5.75 Å². The van der Waals surface area contributed by atoms with Crippen LogP contribution in [-0.4, -0.2) is 23.4 Å². The minimum Gasteiger partial charge on any atom is -0.466 e. The highest BCUT2D eigenvalue weighted by Gasteiger charge is 2.22. The van der Waals surface area contributed by atoms with Gasteiger partial charge in [0.1, 0.15) is 5.75 Å². The van der Waals surface area contributed by atoms with Gasteiger partial charge in [0, 0.05) is 5.41 Å². The van der Waals surface area contributed by atoms with Gasteiger partial charge in [-0.1, -0.05) is 62.9 Å². The standard InChI is InChI=1S/C17H18O.C2H6O2/c1-4-18-16-12-10-15(11-13-16)17(2,3)14-8-6-5-7-9-14;3-1-2-4/h4-13H,1H2,2-3H3;3-4H,1-2H2. The molecular weight excluding hydrogens is 276 g/mol. The Morgan fingerprint density at radius 3 is 1.86 bits per heavy atom. The van der Waals surface area contributed by atoms with Gasteiger partial charge in [-0.05, 0) is 23.3 Å². The Morgan fingerprint density at radius 1 is 0.909 bits per heavy atom. The molecule has 0 unspecified atom stereocenters. The molecule has 22 heavy (non-hydrogen) atoms. The van der Waals surface area contributed by atoms with Crippen LogP contribution in [0.3, 0.4) is 0 Å². The van der Waals surface area contributed by atoms with Gasteiger partial charge in [-0.25, -0.2) is 0 Å². The highest BCUT2D eigenvalue weighted by atomic mass is 16.5. The fraction of sp³-hybridized carbons (Fsp3) is 0.263. The molecule has 0 fully saturated rings. The van der Waals surface area contributed by atoms with Gasteiger partial charge in [-0.15, -0.1) is 0 Å². The number of aliphatic hydroxyl groups is 2. The maximum Gasteiger partial charge on any atom is 0.126 e. The lowest BCUT2D eigenvalue weighted by atomic mass is 9.78. The van der Waals surface area contributed by atoms with Gasteiger partial charge >= 0.3 is 0 Å². The zero-order chi connectivity index (χ0) is 16.4. The molecule has 0 atom stereocenters. The predicted molar refractivity (Wildman–Crippen MR) is 90.0 cm³/mol. The topological polar surface area (TPSA) is 49.7 Å². The van der Waals surface area contributed by atoms with Gasteiger partial charge in [-0.3, -0.25) is 0 Å². The molecule has 0 saturated carbocycles. The minimum atomic E-state index is -0.125. The third-order valence-electron chi connectivity index (χ3n) is 3.39. The van der Waals surface area contributed by atoms with Crippen LogP contribution in [0.4, 0.5) is 0 Å². The van der Waals surface area contributed by atoms with Crippen LogP contribution in [0.1, 0.15) is 25.0 Å². The second-order valence-electron chi connectivity index (χ2n) is 5.25. The van der Waals surface area contributed by atoms with Crippen molar-refractivity contribution in [3.8, 4) is 5.75 Å². The lowest BCUT2D eigenvalue weighted by Crippen LogP contribution is -2.18. The summed E-state index contributed by atoms with van der Waals surface area (Å²) in [7, 11) is 0. The fourth-order valence-corrected chi connectivity index (χ4v) is 2.07. The number of ether oxygens (including phenoxy) is 1. The molecule has 0 heterocycles. The normalized spacial score (nSPS) is 10.4. The molecule has 3 nitrogen and oxygen atoms in total. The summed E-state index contributed by atoms with van der Waals surface area (Å²) >= 11 is 0. The van der Waals surface area contributed by atoms with Crippen LogP contribution in [0.25, 0.3) is 0 Å². The van der Waals surface area contributed by atoms with Crippen LogP contribution >= 0.6 is 0 Å². The maximum atomic E-state index is 7.62. The molecule has 0 aliphatic carbocycles. The third-order valence-corrected chi connectivity index (χ3v) is 3.39. The second kappa shape index (κ2) is 9.03. The van der Waals surface area contributed by atoms with Crippen LogP contribution in [0, 0.1) is 0 Å². The smallest absolute Gasteiger partial charge is 0.126 e. The van der Waals surface area contributed by atoms with E-state index >= 15 is 0 Å². The Morgan fingerprint density at radius 2 is 1.41 bits per heavy atom. The van der Waals surface area contributed by atoms with Crippen LogP contribution in [-0.2, 0) is 5.41 Å². The van der Waals surface area contributed by atoms with E-state index in [0.29, 0.717) is 0 Å². The average molecular weight is 300 g/mol. The molecule has 0 amide bonds. The van der Waals surface area contributed by atoms with Crippen LogP contribution < -0.4 is 4.74 Å². The zero-order valence-electron chi connectivity index (χ0n) is 13.2. The molecule has 0 aliphatic heterocycles. The summed E-state index contributed by atoms with van der Waals surface area (Å²) in [5, 5.41) is 15.2. The molecule has 2 aromatic rings. The Kier molecular flexibility index (Phi) is 7.37. The van der Waals surface area contributed by atoms with E-state index in [-0.39, 0.29) is 18.6 Å². The lowest BCUT2D eigenvalue weighted by molar-refractivity contribution is 0.186. The van der Waals surface area contributed by atoms with Crippen molar-refractivity contribution in [3.05, 3.63) is 78.6 Å². The zero-order valence-corrected chi connectivity index (χ0v) is 13.2. The first kappa shape index (κ1) is 18.0. The van der Waals surface area contributed by atoms with Crippen molar-refractivity contribution in [1.82, 2.24) is 0 Å². The van der Waals surface area contributed by atoms with E-state index in [2.05, 4.69) is 56.8 Å². The molecule has 0 radical (unpaired) electrons. The Labute approximate surface area is 132 Å².